The molecule has 33 heavy (non-hydrogen) atoms. The fourth-order valence-corrected chi connectivity index (χ4v) is 4.07. The predicted octanol–water partition coefficient (Wildman–Crippen LogP) is 6.06. The van der Waals surface area contributed by atoms with E-state index in [9.17, 15) is 9.59 Å². The smallest absolute Gasteiger partial charge is 0.282 e. The monoisotopic (exact) mass is 460 g/mol. The zero-order chi connectivity index (χ0) is 23.7. The lowest BCUT2D eigenvalue weighted by molar-refractivity contribution is -0.120. The van der Waals surface area contributed by atoms with Gasteiger partial charge in [0.2, 0.25) is 0 Å². The van der Waals surface area contributed by atoms with Gasteiger partial charge in [-0.3, -0.25) is 9.59 Å². The van der Waals surface area contributed by atoms with Crippen LogP contribution in [0.5, 0.6) is 5.75 Å². The van der Waals surface area contributed by atoms with E-state index in [4.69, 9.17) is 16.3 Å². The molecule has 0 bridgehead atoms. The number of rotatable bonds is 6. The maximum Gasteiger partial charge on any atom is 0.282 e. The molecule has 0 fully saturated rings. The van der Waals surface area contributed by atoms with Crippen LogP contribution in [0.3, 0.4) is 0 Å². The van der Waals surface area contributed by atoms with Crippen molar-refractivity contribution in [1.29, 1.82) is 0 Å². The van der Waals surface area contributed by atoms with Crippen LogP contribution >= 0.6 is 11.6 Å². The van der Waals surface area contributed by atoms with E-state index in [2.05, 4.69) is 5.32 Å². The predicted molar refractivity (Wildman–Crippen MR) is 133 cm³/mol. The van der Waals surface area contributed by atoms with Crippen LogP contribution in [0.1, 0.15) is 29.2 Å². The van der Waals surface area contributed by atoms with E-state index in [0.717, 1.165) is 22.4 Å². The molecule has 0 spiro atoms. The molecular formula is C27H25ClN2O3. The van der Waals surface area contributed by atoms with E-state index < -0.39 is 5.91 Å². The number of hydrogen-bond donors (Lipinski definition) is 1. The Morgan fingerprint density at radius 2 is 1.58 bits per heavy atom. The molecule has 0 atom stereocenters. The Balaban J connectivity index is 1.81. The quantitative estimate of drug-likeness (QED) is 0.454. The summed E-state index contributed by atoms with van der Waals surface area (Å²) in [4.78, 5) is 28.4. The average molecular weight is 461 g/mol. The van der Waals surface area contributed by atoms with Crippen molar-refractivity contribution in [3.8, 4) is 5.75 Å². The molecule has 3 aromatic rings. The first-order chi connectivity index (χ1) is 15.8. The van der Waals surface area contributed by atoms with Gasteiger partial charge in [0.05, 0.1) is 17.9 Å². The number of carbonyl (C=O) groups is 2. The number of anilines is 2. The summed E-state index contributed by atoms with van der Waals surface area (Å²) in [6, 6.07) is 18.2. The van der Waals surface area contributed by atoms with Crippen LogP contribution in [0.4, 0.5) is 11.4 Å². The Hall–Kier alpha value is -3.57. The average Bonchev–Trinajstić information content (AvgIpc) is 3.01. The Morgan fingerprint density at radius 1 is 0.848 bits per heavy atom. The van der Waals surface area contributed by atoms with Gasteiger partial charge in [0.15, 0.2) is 0 Å². The minimum atomic E-state index is -0.410. The minimum Gasteiger partial charge on any atom is -0.494 e. The van der Waals surface area contributed by atoms with E-state index >= 15 is 0 Å². The highest BCUT2D eigenvalue weighted by atomic mass is 35.5. The number of nitrogens with one attached hydrogen (secondary N) is 1. The highest BCUT2D eigenvalue weighted by Crippen LogP contribution is 2.36. The Bertz CT molecular complexity index is 1280. The molecule has 0 unspecified atom stereocenters. The van der Waals surface area contributed by atoms with Crippen molar-refractivity contribution >= 4 is 40.4 Å². The number of halogens is 1. The highest BCUT2D eigenvalue weighted by Gasteiger charge is 2.40. The molecule has 1 aliphatic heterocycles. The molecule has 4 rings (SSSR count). The first-order valence-electron chi connectivity index (χ1n) is 10.8. The van der Waals surface area contributed by atoms with Gasteiger partial charge in [-0.25, -0.2) is 4.90 Å². The molecule has 1 aliphatic rings. The summed E-state index contributed by atoms with van der Waals surface area (Å²) in [5.41, 5.74) is 5.37. The molecule has 1 N–H and O–H groups in total. The van der Waals surface area contributed by atoms with Gasteiger partial charge in [0, 0.05) is 10.7 Å². The summed E-state index contributed by atoms with van der Waals surface area (Å²) < 4.78 is 5.50. The lowest BCUT2D eigenvalue weighted by Crippen LogP contribution is -2.33. The number of benzene rings is 3. The van der Waals surface area contributed by atoms with Crippen molar-refractivity contribution in [2.75, 3.05) is 16.8 Å². The number of nitrogens with zero attached hydrogens (tertiary/aromatic N) is 1. The van der Waals surface area contributed by atoms with Crippen molar-refractivity contribution in [2.24, 2.45) is 0 Å². The molecule has 6 heteroatoms. The second kappa shape index (κ2) is 9.12. The SMILES string of the molecule is CCOc1ccc(NC2=C(c3ccc(C)c(C)c3)C(=O)N(c3ccc(Cl)cc3C)C2=O)cc1. The van der Waals surface area contributed by atoms with Gasteiger partial charge in [-0.2, -0.15) is 0 Å². The third-order valence-corrected chi connectivity index (χ3v) is 5.95. The van der Waals surface area contributed by atoms with Gasteiger partial charge in [0.1, 0.15) is 11.4 Å². The maximum atomic E-state index is 13.6. The third-order valence-electron chi connectivity index (χ3n) is 5.71. The Kier molecular flexibility index (Phi) is 6.25. The molecule has 0 aliphatic carbocycles. The number of ether oxygens (including phenoxy) is 1. The molecule has 1 heterocycles. The molecule has 0 saturated carbocycles. The van der Waals surface area contributed by atoms with Gasteiger partial charge in [-0.05, 0) is 92.4 Å². The first-order valence-corrected chi connectivity index (χ1v) is 11.1. The largest absolute Gasteiger partial charge is 0.494 e. The van der Waals surface area contributed by atoms with Crippen molar-refractivity contribution in [3.05, 3.63) is 93.6 Å². The van der Waals surface area contributed by atoms with E-state index in [1.54, 1.807) is 18.2 Å². The summed E-state index contributed by atoms with van der Waals surface area (Å²) in [5, 5.41) is 3.74. The van der Waals surface area contributed by atoms with Gasteiger partial charge in [0.25, 0.3) is 11.8 Å². The summed E-state index contributed by atoms with van der Waals surface area (Å²) in [6.07, 6.45) is 0. The molecule has 5 nitrogen and oxygen atoms in total. The highest BCUT2D eigenvalue weighted by molar-refractivity contribution is 6.46. The Morgan fingerprint density at radius 3 is 2.21 bits per heavy atom. The van der Waals surface area contributed by atoms with Gasteiger partial charge < -0.3 is 10.1 Å². The van der Waals surface area contributed by atoms with Crippen LogP contribution in [0.2, 0.25) is 5.02 Å². The lowest BCUT2D eigenvalue weighted by atomic mass is 9.99. The molecule has 168 valence electrons. The molecule has 0 radical (unpaired) electrons. The maximum absolute atomic E-state index is 13.6. The van der Waals surface area contributed by atoms with E-state index in [1.165, 1.54) is 4.90 Å². The summed E-state index contributed by atoms with van der Waals surface area (Å²) in [6.45, 7) is 8.31. The second-order valence-electron chi connectivity index (χ2n) is 8.01. The summed E-state index contributed by atoms with van der Waals surface area (Å²) in [5.74, 6) is -0.0479. The molecule has 0 saturated heterocycles. The van der Waals surface area contributed by atoms with E-state index in [-0.39, 0.29) is 11.6 Å². The first kappa shape index (κ1) is 22.6. The number of carbonyl (C=O) groups excluding carboxylic acids is 2. The van der Waals surface area contributed by atoms with Crippen LogP contribution in [0.15, 0.2) is 66.4 Å². The van der Waals surface area contributed by atoms with Crippen LogP contribution < -0.4 is 15.0 Å². The Labute approximate surface area is 198 Å². The van der Waals surface area contributed by atoms with Gasteiger partial charge in [-0.1, -0.05) is 29.8 Å². The fourth-order valence-electron chi connectivity index (χ4n) is 3.84. The zero-order valence-electron chi connectivity index (χ0n) is 19.0. The van der Waals surface area contributed by atoms with E-state index in [1.807, 2.05) is 70.2 Å². The molecule has 2 amide bonds. The molecule has 3 aromatic carbocycles. The molecule has 0 aromatic heterocycles. The van der Waals surface area contributed by atoms with Gasteiger partial charge >= 0.3 is 0 Å². The van der Waals surface area contributed by atoms with Crippen molar-refractivity contribution < 1.29 is 14.3 Å². The second-order valence-corrected chi connectivity index (χ2v) is 8.44. The standard InChI is InChI=1S/C27H25ClN2O3/c1-5-33-22-11-9-21(10-12-22)29-25-24(19-7-6-16(2)17(3)14-19)26(31)30(27(25)32)23-13-8-20(28)15-18(23)4/h6-15,29H,5H2,1-4H3. The summed E-state index contributed by atoms with van der Waals surface area (Å²) >= 11 is 6.10. The zero-order valence-corrected chi connectivity index (χ0v) is 19.8. The van der Waals surface area contributed by atoms with Crippen LogP contribution in [0.25, 0.3) is 5.57 Å². The number of imide groups is 1. The number of hydrogen-bond acceptors (Lipinski definition) is 4. The summed E-state index contributed by atoms with van der Waals surface area (Å²) in [7, 11) is 0. The van der Waals surface area contributed by atoms with Crippen molar-refractivity contribution in [3.63, 3.8) is 0 Å². The molecular weight excluding hydrogens is 436 g/mol. The third kappa shape index (κ3) is 4.37. The topological polar surface area (TPSA) is 58.6 Å². The van der Waals surface area contributed by atoms with Crippen LogP contribution in [-0.2, 0) is 9.59 Å². The fraction of sp³-hybridized carbons (Fsp3) is 0.185. The normalized spacial score (nSPS) is 13.7. The van der Waals surface area contributed by atoms with E-state index in [0.29, 0.717) is 34.1 Å². The lowest BCUT2D eigenvalue weighted by Gasteiger charge is -2.18. The van der Waals surface area contributed by atoms with Crippen LogP contribution in [0, 0.1) is 20.8 Å². The van der Waals surface area contributed by atoms with Gasteiger partial charge in [-0.15, -0.1) is 0 Å². The minimum absolute atomic E-state index is 0.238. The van der Waals surface area contributed by atoms with Crippen molar-refractivity contribution in [2.45, 2.75) is 27.7 Å². The number of aryl methyl sites for hydroxylation is 3. The number of amides is 2. The van der Waals surface area contributed by atoms with Crippen LogP contribution in [-0.4, -0.2) is 18.4 Å². The van der Waals surface area contributed by atoms with Crippen molar-refractivity contribution in [1.82, 2.24) is 0 Å².